The topological polar surface area (TPSA) is 94.0 Å². The Morgan fingerprint density at radius 1 is 1.38 bits per heavy atom. The van der Waals surface area contributed by atoms with E-state index in [9.17, 15) is 4.79 Å². The number of thiol groups is 1. The average Bonchev–Trinajstić information content (AvgIpc) is 3.17. The molecule has 10 heteroatoms. The molecule has 3 rings (SSSR count). The first-order chi connectivity index (χ1) is 11.7. The normalized spacial score (nSPS) is 11.3. The summed E-state index contributed by atoms with van der Waals surface area (Å²) < 4.78 is 7.16. The number of rotatable bonds is 7. The Kier molecular flexibility index (Phi) is 5.17. The van der Waals surface area contributed by atoms with Gasteiger partial charge in [0.2, 0.25) is 0 Å². The largest absolute Gasteiger partial charge is 0.379 e. The van der Waals surface area contributed by atoms with Crippen molar-refractivity contribution in [1.29, 1.82) is 0 Å². The summed E-state index contributed by atoms with van der Waals surface area (Å²) in [6.07, 6.45) is 1.71. The Labute approximate surface area is 148 Å². The Bertz CT molecular complexity index is 875. The zero-order chi connectivity index (χ0) is 17.1. The zero-order valence-electron chi connectivity index (χ0n) is 13.4. The van der Waals surface area contributed by atoms with Crippen molar-refractivity contribution in [2.45, 2.75) is 0 Å². The molecule has 1 amide bonds. The Morgan fingerprint density at radius 2 is 2.21 bits per heavy atom. The lowest BCUT2D eigenvalue weighted by molar-refractivity contribution is 0.0924. The first kappa shape index (κ1) is 16.9. The van der Waals surface area contributed by atoms with Gasteiger partial charge in [0.05, 0.1) is 19.5 Å². The highest BCUT2D eigenvalue weighted by Gasteiger charge is 2.19. The summed E-state index contributed by atoms with van der Waals surface area (Å²) in [4.78, 5) is 26.3. The van der Waals surface area contributed by atoms with Gasteiger partial charge in [0, 0.05) is 26.4 Å². The molecule has 0 radical (unpaired) electrons. The smallest absolute Gasteiger partial charge is 0.280 e. The number of carbonyl (C=O) groups excluding carboxylic acids is 1. The fourth-order valence-electron chi connectivity index (χ4n) is 2.33. The fraction of sp³-hybridized carbons (Fsp3) is 0.429. The molecule has 0 unspecified atom stereocenters. The van der Waals surface area contributed by atoms with Crippen molar-refractivity contribution >= 4 is 57.1 Å². The molecule has 0 saturated heterocycles. The van der Waals surface area contributed by atoms with E-state index in [4.69, 9.17) is 4.74 Å². The monoisotopic (exact) mass is 366 g/mol. The van der Waals surface area contributed by atoms with Crippen molar-refractivity contribution in [2.24, 2.45) is 7.05 Å². The quantitative estimate of drug-likeness (QED) is 0.431. The number of amides is 1. The van der Waals surface area contributed by atoms with Crippen molar-refractivity contribution in [1.82, 2.24) is 24.8 Å². The van der Waals surface area contributed by atoms with Crippen LogP contribution in [0.15, 0.2) is 6.33 Å². The number of imidazole rings is 1. The van der Waals surface area contributed by atoms with Crippen molar-refractivity contribution in [3.05, 3.63) is 11.3 Å². The van der Waals surface area contributed by atoms with Crippen LogP contribution in [-0.4, -0.2) is 58.0 Å². The van der Waals surface area contributed by atoms with Gasteiger partial charge in [-0.25, -0.2) is 15.0 Å². The van der Waals surface area contributed by atoms with Gasteiger partial charge in [-0.05, 0) is 0 Å². The highest BCUT2D eigenvalue weighted by molar-refractivity contribution is 7.80. The van der Waals surface area contributed by atoms with Crippen molar-refractivity contribution in [3.63, 3.8) is 0 Å². The number of hydrogen-bond acceptors (Lipinski definition) is 8. The molecule has 24 heavy (non-hydrogen) atoms. The number of nitrogens with one attached hydrogen (secondary N) is 2. The van der Waals surface area contributed by atoms with Crippen LogP contribution < -0.4 is 10.6 Å². The fourth-order valence-corrected chi connectivity index (χ4v) is 3.32. The average molecular weight is 366 g/mol. The van der Waals surface area contributed by atoms with Crippen molar-refractivity contribution in [3.8, 4) is 0 Å². The number of pyridine rings is 1. The van der Waals surface area contributed by atoms with Crippen LogP contribution in [0.25, 0.3) is 21.4 Å². The van der Waals surface area contributed by atoms with E-state index in [-0.39, 0.29) is 5.91 Å². The number of nitrogens with zero attached hydrogens (tertiary/aromatic N) is 4. The maximum atomic E-state index is 12.3. The molecular weight excluding hydrogens is 348 g/mol. The molecule has 0 bridgehead atoms. The Hall–Kier alpha value is -1.91. The predicted molar refractivity (Wildman–Crippen MR) is 98.2 cm³/mol. The standard InChI is InChI=1S/C14H18N6O2S2/c1-15-11-8-10(20(2)7-17-8)9-13(19-11)24-14(18-9)12(21)16-3-4-22-5-6-23/h7,23H,3-6H2,1-2H3,(H,15,19)(H,16,21). The minimum absolute atomic E-state index is 0.228. The van der Waals surface area contributed by atoms with E-state index in [1.807, 2.05) is 11.6 Å². The van der Waals surface area contributed by atoms with Gasteiger partial charge >= 0.3 is 0 Å². The highest BCUT2D eigenvalue weighted by atomic mass is 32.1. The molecule has 0 spiro atoms. The van der Waals surface area contributed by atoms with E-state index in [2.05, 4.69) is 38.2 Å². The maximum Gasteiger partial charge on any atom is 0.280 e. The van der Waals surface area contributed by atoms with Crippen LogP contribution in [0.4, 0.5) is 5.82 Å². The molecular formula is C14H18N6O2S2. The van der Waals surface area contributed by atoms with Crippen molar-refractivity contribution in [2.75, 3.05) is 37.9 Å². The molecule has 0 fully saturated rings. The van der Waals surface area contributed by atoms with Gasteiger partial charge in [0.1, 0.15) is 21.4 Å². The molecule has 128 valence electrons. The molecule has 0 aromatic carbocycles. The number of ether oxygens (including phenoxy) is 1. The van der Waals surface area contributed by atoms with Crippen LogP contribution in [0.1, 0.15) is 9.80 Å². The molecule has 8 nitrogen and oxygen atoms in total. The maximum absolute atomic E-state index is 12.3. The zero-order valence-corrected chi connectivity index (χ0v) is 15.1. The summed E-state index contributed by atoms with van der Waals surface area (Å²) in [5, 5.41) is 6.21. The molecule has 3 aromatic heterocycles. The second kappa shape index (κ2) is 7.32. The summed E-state index contributed by atoms with van der Waals surface area (Å²) in [6, 6.07) is 0. The molecule has 0 aliphatic rings. The summed E-state index contributed by atoms with van der Waals surface area (Å²) in [7, 11) is 3.69. The lowest BCUT2D eigenvalue weighted by Gasteiger charge is -2.03. The SMILES string of the molecule is CNc1nc2sc(C(=O)NCCOCCS)nc2c2c1ncn2C. The molecule has 0 atom stereocenters. The molecule has 3 aromatic rings. The van der Waals surface area contributed by atoms with Crippen LogP contribution in [0.3, 0.4) is 0 Å². The van der Waals surface area contributed by atoms with E-state index in [0.717, 1.165) is 11.0 Å². The van der Waals surface area contributed by atoms with Crippen molar-refractivity contribution < 1.29 is 9.53 Å². The third-order valence-corrected chi connectivity index (χ3v) is 4.54. The van der Waals surface area contributed by atoms with E-state index in [1.54, 1.807) is 13.4 Å². The van der Waals surface area contributed by atoms with Crippen LogP contribution in [0, 0.1) is 0 Å². The van der Waals surface area contributed by atoms with Crippen LogP contribution in [0.2, 0.25) is 0 Å². The predicted octanol–water partition coefficient (Wildman–Crippen LogP) is 1.30. The lowest BCUT2D eigenvalue weighted by Crippen LogP contribution is -2.27. The number of aromatic nitrogens is 4. The first-order valence-corrected chi connectivity index (χ1v) is 8.86. The van der Waals surface area contributed by atoms with Gasteiger partial charge in [0.15, 0.2) is 10.8 Å². The first-order valence-electron chi connectivity index (χ1n) is 7.41. The van der Waals surface area contributed by atoms with Gasteiger partial charge < -0.3 is 19.9 Å². The number of thiazole rings is 1. The van der Waals surface area contributed by atoms with Crippen LogP contribution in [0.5, 0.6) is 0 Å². The summed E-state index contributed by atoms with van der Waals surface area (Å²) in [5.41, 5.74) is 2.28. The van der Waals surface area contributed by atoms with E-state index < -0.39 is 0 Å². The number of aryl methyl sites for hydroxylation is 1. The molecule has 0 aliphatic heterocycles. The van der Waals surface area contributed by atoms with Crippen LogP contribution >= 0.6 is 24.0 Å². The number of fused-ring (bicyclic) bond motifs is 3. The van der Waals surface area contributed by atoms with Gasteiger partial charge in [-0.2, -0.15) is 12.6 Å². The molecule has 2 N–H and O–H groups in total. The second-order valence-electron chi connectivity index (χ2n) is 5.03. The third-order valence-electron chi connectivity index (χ3n) is 3.41. The van der Waals surface area contributed by atoms with Gasteiger partial charge in [0.25, 0.3) is 5.91 Å². The van der Waals surface area contributed by atoms with Gasteiger partial charge in [-0.15, -0.1) is 0 Å². The number of anilines is 1. The number of hydrogen-bond donors (Lipinski definition) is 3. The highest BCUT2D eigenvalue weighted by Crippen LogP contribution is 2.30. The van der Waals surface area contributed by atoms with Gasteiger partial charge in [-0.1, -0.05) is 11.3 Å². The third kappa shape index (κ3) is 3.17. The summed E-state index contributed by atoms with van der Waals surface area (Å²) >= 11 is 5.32. The van der Waals surface area contributed by atoms with Crippen LogP contribution in [-0.2, 0) is 11.8 Å². The molecule has 0 saturated carbocycles. The van der Waals surface area contributed by atoms with Gasteiger partial charge in [-0.3, -0.25) is 4.79 Å². The second-order valence-corrected chi connectivity index (χ2v) is 6.45. The number of carbonyl (C=O) groups is 1. The summed E-state index contributed by atoms with van der Waals surface area (Å²) in [6.45, 7) is 1.44. The van der Waals surface area contributed by atoms with E-state index in [1.165, 1.54) is 11.3 Å². The lowest BCUT2D eigenvalue weighted by atomic mass is 10.3. The minimum atomic E-state index is -0.228. The molecule has 3 heterocycles. The van der Waals surface area contributed by atoms with E-state index in [0.29, 0.717) is 46.7 Å². The molecule has 0 aliphatic carbocycles. The Morgan fingerprint density at radius 3 is 2.96 bits per heavy atom. The minimum Gasteiger partial charge on any atom is -0.379 e. The van der Waals surface area contributed by atoms with E-state index >= 15 is 0 Å². The Balaban J connectivity index is 1.87. The summed E-state index contributed by atoms with van der Waals surface area (Å²) in [5.74, 6) is 1.11.